The van der Waals surface area contributed by atoms with E-state index in [1.165, 1.54) is 0 Å². The van der Waals surface area contributed by atoms with E-state index >= 15 is 0 Å². The van der Waals surface area contributed by atoms with Crippen LogP contribution in [0.4, 0.5) is 5.69 Å². The molecule has 8 nitrogen and oxygen atoms in total. The van der Waals surface area contributed by atoms with Crippen molar-refractivity contribution in [1.29, 1.82) is 0 Å². The van der Waals surface area contributed by atoms with E-state index in [1.54, 1.807) is 11.9 Å². The number of para-hydroxylation sites is 1. The molecule has 2 amide bonds. The highest BCUT2D eigenvalue weighted by Gasteiger charge is 2.31. The number of carbonyl (C=O) groups excluding carboxylic acids is 2. The van der Waals surface area contributed by atoms with E-state index in [-0.39, 0.29) is 41.8 Å². The van der Waals surface area contributed by atoms with Gasteiger partial charge in [0.2, 0.25) is 5.91 Å². The van der Waals surface area contributed by atoms with Crippen LogP contribution in [-0.2, 0) is 11.3 Å². The second kappa shape index (κ2) is 13.1. The fraction of sp³-hybridized carbons (Fsp3) is 0.375. The molecule has 0 spiro atoms. The first-order valence-electron chi connectivity index (χ1n) is 10.8. The van der Waals surface area contributed by atoms with Crippen LogP contribution in [0.15, 0.2) is 59.6 Å². The third kappa shape index (κ3) is 8.01. The van der Waals surface area contributed by atoms with Gasteiger partial charge in [-0.05, 0) is 43.9 Å². The van der Waals surface area contributed by atoms with Gasteiger partial charge < -0.3 is 25.8 Å². The molecule has 2 aromatic carbocycles. The van der Waals surface area contributed by atoms with Crippen molar-refractivity contribution in [2.24, 2.45) is 4.99 Å². The van der Waals surface area contributed by atoms with Crippen LogP contribution in [0, 0.1) is 0 Å². The van der Waals surface area contributed by atoms with E-state index in [0.717, 1.165) is 17.8 Å². The Hall–Kier alpha value is -2.66. The Balaban J connectivity index is 0.00000385. The molecule has 1 atom stereocenters. The number of amides is 2. The second-order valence-corrected chi connectivity index (χ2v) is 8.07. The van der Waals surface area contributed by atoms with Gasteiger partial charge in [0.1, 0.15) is 0 Å². The van der Waals surface area contributed by atoms with E-state index in [4.69, 9.17) is 0 Å². The molecule has 178 valence electrons. The topological polar surface area (TPSA) is 89.1 Å². The predicted molar refractivity (Wildman–Crippen MR) is 143 cm³/mol. The minimum atomic E-state index is -0.0818. The fourth-order valence-corrected chi connectivity index (χ4v) is 3.55. The Kier molecular flexibility index (Phi) is 10.6. The molecule has 0 radical (unpaired) electrons. The van der Waals surface area contributed by atoms with Gasteiger partial charge >= 0.3 is 0 Å². The Bertz CT molecular complexity index is 951. The van der Waals surface area contributed by atoms with Crippen molar-refractivity contribution < 1.29 is 9.59 Å². The van der Waals surface area contributed by atoms with Crippen LogP contribution < -0.4 is 20.9 Å². The highest BCUT2D eigenvalue weighted by molar-refractivity contribution is 14.0. The average Bonchev–Trinajstić information content (AvgIpc) is 3.17. The molecule has 2 aromatic rings. The number of nitrogens with one attached hydrogen (secondary N) is 3. The Morgan fingerprint density at radius 3 is 2.58 bits per heavy atom. The first-order valence-corrected chi connectivity index (χ1v) is 10.8. The number of likely N-dealkylation sites (N-methyl/N-ethyl adjacent to an activating group) is 1. The van der Waals surface area contributed by atoms with Gasteiger partial charge in [0.25, 0.3) is 5.91 Å². The monoisotopic (exact) mass is 564 g/mol. The summed E-state index contributed by atoms with van der Waals surface area (Å²) in [5, 5.41) is 9.54. The molecule has 33 heavy (non-hydrogen) atoms. The summed E-state index contributed by atoms with van der Waals surface area (Å²) < 4.78 is 0. The molecule has 3 N–H and O–H groups in total. The standard InChI is InChI=1S/C24H32N6O2.HI/c1-25-24(28-20-15-22(31)30(17-20)21-10-5-4-6-11-21)27-16-18-8-7-9-19(14-18)23(32)26-12-13-29(2)3;/h4-11,14,20H,12-13,15-17H2,1-3H3,(H,26,32)(H2,25,27,28);1H. The van der Waals surface area contributed by atoms with E-state index in [0.29, 0.717) is 37.6 Å². The first kappa shape index (κ1) is 26.6. The predicted octanol–water partition coefficient (Wildman–Crippen LogP) is 2.07. The zero-order chi connectivity index (χ0) is 22.9. The molecule has 0 aromatic heterocycles. The number of halogens is 1. The van der Waals surface area contributed by atoms with Crippen LogP contribution in [-0.4, -0.2) is 69.5 Å². The molecular formula is C24H33IN6O2. The molecule has 0 aliphatic carbocycles. The van der Waals surface area contributed by atoms with Crippen LogP contribution in [0.25, 0.3) is 0 Å². The van der Waals surface area contributed by atoms with Crippen LogP contribution in [0.5, 0.6) is 0 Å². The molecule has 0 saturated carbocycles. The van der Waals surface area contributed by atoms with Crippen molar-refractivity contribution in [1.82, 2.24) is 20.9 Å². The summed E-state index contributed by atoms with van der Waals surface area (Å²) in [5.41, 5.74) is 2.51. The van der Waals surface area contributed by atoms with Crippen molar-refractivity contribution >= 4 is 47.4 Å². The minimum Gasteiger partial charge on any atom is -0.352 e. The number of guanidine groups is 1. The van der Waals surface area contributed by atoms with Gasteiger partial charge in [0.05, 0.1) is 6.04 Å². The zero-order valence-corrected chi connectivity index (χ0v) is 21.7. The molecule has 1 unspecified atom stereocenters. The lowest BCUT2D eigenvalue weighted by atomic mass is 10.1. The number of nitrogens with zero attached hydrogens (tertiary/aromatic N) is 3. The van der Waals surface area contributed by atoms with Gasteiger partial charge in [0.15, 0.2) is 5.96 Å². The summed E-state index contributed by atoms with van der Waals surface area (Å²) in [5.74, 6) is 0.636. The smallest absolute Gasteiger partial charge is 0.251 e. The number of hydrogen-bond donors (Lipinski definition) is 3. The molecule has 1 saturated heterocycles. The van der Waals surface area contributed by atoms with Crippen molar-refractivity contribution in [3.05, 3.63) is 65.7 Å². The van der Waals surface area contributed by atoms with Gasteiger partial charge in [-0.15, -0.1) is 24.0 Å². The van der Waals surface area contributed by atoms with Crippen LogP contribution >= 0.6 is 24.0 Å². The van der Waals surface area contributed by atoms with Crippen LogP contribution in [0.3, 0.4) is 0 Å². The van der Waals surface area contributed by atoms with Crippen molar-refractivity contribution in [2.45, 2.75) is 19.0 Å². The lowest BCUT2D eigenvalue weighted by Gasteiger charge is -2.19. The van der Waals surface area contributed by atoms with Gasteiger partial charge in [0, 0.05) is 50.9 Å². The number of anilines is 1. The SMILES string of the molecule is CN=C(NCc1cccc(C(=O)NCCN(C)C)c1)NC1CC(=O)N(c2ccccc2)C1.I. The van der Waals surface area contributed by atoms with E-state index < -0.39 is 0 Å². The van der Waals surface area contributed by atoms with Gasteiger partial charge in [-0.25, -0.2) is 0 Å². The Morgan fingerprint density at radius 2 is 1.88 bits per heavy atom. The molecule has 9 heteroatoms. The zero-order valence-electron chi connectivity index (χ0n) is 19.4. The van der Waals surface area contributed by atoms with Gasteiger partial charge in [-0.1, -0.05) is 30.3 Å². The molecule has 1 heterocycles. The maximum Gasteiger partial charge on any atom is 0.251 e. The fourth-order valence-electron chi connectivity index (χ4n) is 3.55. The average molecular weight is 564 g/mol. The van der Waals surface area contributed by atoms with E-state index in [9.17, 15) is 9.59 Å². The quantitative estimate of drug-likeness (QED) is 0.260. The first-order chi connectivity index (χ1) is 15.5. The van der Waals surface area contributed by atoms with Crippen molar-refractivity contribution in [3.8, 4) is 0 Å². The number of carbonyl (C=O) groups is 2. The third-order valence-corrected chi connectivity index (χ3v) is 5.25. The van der Waals surface area contributed by atoms with E-state index in [2.05, 4.69) is 20.9 Å². The molecule has 1 fully saturated rings. The number of aliphatic imine (C=N–C) groups is 1. The highest BCUT2D eigenvalue weighted by atomic mass is 127. The molecule has 3 rings (SSSR count). The van der Waals surface area contributed by atoms with E-state index in [1.807, 2.05) is 73.6 Å². The van der Waals surface area contributed by atoms with Gasteiger partial charge in [-0.3, -0.25) is 14.6 Å². The minimum absolute atomic E-state index is 0. The highest BCUT2D eigenvalue weighted by Crippen LogP contribution is 2.20. The third-order valence-electron chi connectivity index (χ3n) is 5.25. The largest absolute Gasteiger partial charge is 0.352 e. The number of rotatable bonds is 8. The normalized spacial score (nSPS) is 15.9. The summed E-state index contributed by atoms with van der Waals surface area (Å²) >= 11 is 0. The maximum atomic E-state index is 12.4. The molecular weight excluding hydrogens is 531 g/mol. The van der Waals surface area contributed by atoms with Crippen molar-refractivity contribution in [3.63, 3.8) is 0 Å². The summed E-state index contributed by atoms with van der Waals surface area (Å²) in [6, 6.07) is 17.2. The summed E-state index contributed by atoms with van der Waals surface area (Å²) in [7, 11) is 5.65. The second-order valence-electron chi connectivity index (χ2n) is 8.07. The maximum absolute atomic E-state index is 12.4. The summed E-state index contributed by atoms with van der Waals surface area (Å²) in [6.07, 6.45) is 0.415. The molecule has 1 aliphatic rings. The lowest BCUT2D eigenvalue weighted by molar-refractivity contribution is -0.117. The lowest BCUT2D eigenvalue weighted by Crippen LogP contribution is -2.44. The summed E-state index contributed by atoms with van der Waals surface area (Å²) in [6.45, 7) is 2.50. The summed E-state index contributed by atoms with van der Waals surface area (Å²) in [4.78, 5) is 32.9. The Morgan fingerprint density at radius 1 is 1.12 bits per heavy atom. The molecule has 1 aliphatic heterocycles. The van der Waals surface area contributed by atoms with Crippen LogP contribution in [0.2, 0.25) is 0 Å². The number of hydrogen-bond acceptors (Lipinski definition) is 4. The van der Waals surface area contributed by atoms with Crippen LogP contribution in [0.1, 0.15) is 22.3 Å². The molecule has 0 bridgehead atoms. The Labute approximate surface area is 212 Å². The van der Waals surface area contributed by atoms with Crippen molar-refractivity contribution in [2.75, 3.05) is 45.7 Å². The number of benzene rings is 2. The van der Waals surface area contributed by atoms with Gasteiger partial charge in [-0.2, -0.15) is 0 Å².